The first-order valence-corrected chi connectivity index (χ1v) is 7.77. The summed E-state index contributed by atoms with van der Waals surface area (Å²) in [6.07, 6.45) is 10.9. The number of nitrogens with zero attached hydrogens (tertiary/aromatic N) is 6. The minimum absolute atomic E-state index is 0.344. The normalized spacial score (nSPS) is 11.3. The summed E-state index contributed by atoms with van der Waals surface area (Å²) in [7, 11) is 0. The molecule has 4 aromatic heterocycles. The average Bonchev–Trinajstić information content (AvgIpc) is 3.21. The van der Waals surface area contributed by atoms with E-state index in [0.717, 1.165) is 28.5 Å². The summed E-state index contributed by atoms with van der Waals surface area (Å²) in [6.45, 7) is 4.17. The van der Waals surface area contributed by atoms with Gasteiger partial charge in [0, 0.05) is 30.8 Å². The summed E-state index contributed by atoms with van der Waals surface area (Å²) in [5.41, 5.74) is 2.59. The van der Waals surface area contributed by atoms with E-state index in [4.69, 9.17) is 0 Å². The highest BCUT2D eigenvalue weighted by Crippen LogP contribution is 2.24. The number of pyridine rings is 1. The maximum Gasteiger partial charge on any atom is 0.165 e. The molecule has 4 aromatic rings. The third-order valence-electron chi connectivity index (χ3n) is 3.62. The number of rotatable bonds is 4. The predicted molar refractivity (Wildman–Crippen MR) is 92.1 cm³/mol. The second-order valence-corrected chi connectivity index (χ2v) is 5.77. The van der Waals surface area contributed by atoms with E-state index in [2.05, 4.69) is 39.2 Å². The number of hydrogen-bond acceptors (Lipinski definition) is 5. The smallest absolute Gasteiger partial charge is 0.165 e. The van der Waals surface area contributed by atoms with E-state index in [1.54, 1.807) is 23.1 Å². The number of imidazole rings is 1. The van der Waals surface area contributed by atoms with Crippen molar-refractivity contribution in [1.29, 1.82) is 0 Å². The molecule has 0 saturated heterocycles. The number of fused-ring (bicyclic) bond motifs is 1. The molecule has 0 aliphatic carbocycles. The lowest BCUT2D eigenvalue weighted by Gasteiger charge is -2.10. The van der Waals surface area contributed by atoms with E-state index < -0.39 is 0 Å². The van der Waals surface area contributed by atoms with Crippen molar-refractivity contribution in [3.8, 4) is 17.1 Å². The van der Waals surface area contributed by atoms with Gasteiger partial charge in [-0.05, 0) is 32.0 Å². The van der Waals surface area contributed by atoms with Gasteiger partial charge in [0.05, 0.1) is 23.6 Å². The minimum Gasteiger partial charge on any atom is -0.368 e. The fourth-order valence-corrected chi connectivity index (χ4v) is 2.61. The van der Waals surface area contributed by atoms with Crippen LogP contribution in [0.1, 0.15) is 13.8 Å². The highest BCUT2D eigenvalue weighted by atomic mass is 15.2. The highest BCUT2D eigenvalue weighted by molar-refractivity contribution is 5.73. The number of nitrogens with one attached hydrogen (secondary N) is 1. The van der Waals surface area contributed by atoms with Crippen molar-refractivity contribution >= 4 is 11.5 Å². The second-order valence-electron chi connectivity index (χ2n) is 5.77. The fourth-order valence-electron chi connectivity index (χ4n) is 2.61. The Hall–Kier alpha value is -3.22. The molecule has 0 aromatic carbocycles. The van der Waals surface area contributed by atoms with Gasteiger partial charge in [-0.3, -0.25) is 4.57 Å². The van der Waals surface area contributed by atoms with E-state index >= 15 is 0 Å². The monoisotopic (exact) mass is 319 g/mol. The molecule has 0 aliphatic heterocycles. The van der Waals surface area contributed by atoms with E-state index in [1.807, 2.05) is 41.4 Å². The van der Waals surface area contributed by atoms with E-state index in [0.29, 0.717) is 6.04 Å². The largest absolute Gasteiger partial charge is 0.368 e. The molecule has 0 atom stereocenters. The average molecular weight is 319 g/mol. The van der Waals surface area contributed by atoms with Crippen LogP contribution in [-0.2, 0) is 0 Å². The third-order valence-corrected chi connectivity index (χ3v) is 3.62. The van der Waals surface area contributed by atoms with Gasteiger partial charge in [0.2, 0.25) is 0 Å². The van der Waals surface area contributed by atoms with Gasteiger partial charge in [0.15, 0.2) is 5.65 Å². The molecule has 0 fully saturated rings. The van der Waals surface area contributed by atoms with Crippen molar-refractivity contribution in [2.24, 2.45) is 0 Å². The van der Waals surface area contributed by atoms with E-state index in [1.165, 1.54) is 0 Å². The topological polar surface area (TPSA) is 72.9 Å². The van der Waals surface area contributed by atoms with Crippen LogP contribution >= 0.6 is 0 Å². The zero-order valence-corrected chi connectivity index (χ0v) is 13.5. The molecule has 24 heavy (non-hydrogen) atoms. The predicted octanol–water partition coefficient (Wildman–Crippen LogP) is 2.80. The molecular weight excluding hydrogens is 302 g/mol. The Bertz CT molecular complexity index is 966. The molecule has 7 heteroatoms. The molecular formula is C17H17N7. The van der Waals surface area contributed by atoms with Crippen LogP contribution in [0.4, 0.5) is 5.82 Å². The molecule has 0 saturated carbocycles. The Morgan fingerprint density at radius 3 is 2.71 bits per heavy atom. The van der Waals surface area contributed by atoms with Gasteiger partial charge < -0.3 is 5.32 Å². The Balaban J connectivity index is 1.75. The second kappa shape index (κ2) is 5.77. The van der Waals surface area contributed by atoms with Crippen molar-refractivity contribution in [1.82, 2.24) is 29.1 Å². The standard InChI is InChI=1S/C17H17N7/c1-12(2)22-15-5-4-13(10-20-15)23-9-7-19-16(23)14-11-21-24-8-3-6-18-17(14)24/h3-12H,1-2H3,(H,20,22). The molecule has 0 radical (unpaired) electrons. The van der Waals surface area contributed by atoms with Crippen LogP contribution < -0.4 is 5.32 Å². The lowest BCUT2D eigenvalue weighted by Crippen LogP contribution is -2.11. The van der Waals surface area contributed by atoms with Gasteiger partial charge in [0.25, 0.3) is 0 Å². The van der Waals surface area contributed by atoms with Gasteiger partial charge >= 0.3 is 0 Å². The zero-order chi connectivity index (χ0) is 16.5. The Kier molecular flexibility index (Phi) is 3.45. The van der Waals surface area contributed by atoms with Crippen molar-refractivity contribution in [3.05, 3.63) is 55.4 Å². The first-order valence-electron chi connectivity index (χ1n) is 7.77. The molecule has 0 aliphatic rings. The van der Waals surface area contributed by atoms with Crippen molar-refractivity contribution in [2.75, 3.05) is 5.32 Å². The molecule has 1 N–H and O–H groups in total. The molecule has 0 spiro atoms. The minimum atomic E-state index is 0.344. The van der Waals surface area contributed by atoms with Crippen molar-refractivity contribution in [2.45, 2.75) is 19.9 Å². The zero-order valence-electron chi connectivity index (χ0n) is 13.5. The summed E-state index contributed by atoms with van der Waals surface area (Å²) in [5.74, 6) is 1.64. The van der Waals surface area contributed by atoms with Crippen LogP contribution in [0.3, 0.4) is 0 Å². The van der Waals surface area contributed by atoms with E-state index in [-0.39, 0.29) is 0 Å². The van der Waals surface area contributed by atoms with Crippen LogP contribution in [0.2, 0.25) is 0 Å². The molecule has 0 amide bonds. The maximum atomic E-state index is 4.48. The summed E-state index contributed by atoms with van der Waals surface area (Å²) in [5, 5.41) is 7.62. The fraction of sp³-hybridized carbons (Fsp3) is 0.176. The third kappa shape index (κ3) is 2.50. The number of hydrogen-bond donors (Lipinski definition) is 1. The molecule has 120 valence electrons. The van der Waals surface area contributed by atoms with Crippen molar-refractivity contribution in [3.63, 3.8) is 0 Å². The quantitative estimate of drug-likeness (QED) is 0.626. The van der Waals surface area contributed by atoms with Crippen molar-refractivity contribution < 1.29 is 0 Å². The van der Waals surface area contributed by atoms with Gasteiger partial charge in [-0.2, -0.15) is 5.10 Å². The van der Waals surface area contributed by atoms with Gasteiger partial charge in [-0.15, -0.1) is 0 Å². The maximum absolute atomic E-state index is 4.48. The lowest BCUT2D eigenvalue weighted by molar-refractivity contribution is 0.888. The van der Waals surface area contributed by atoms with Crippen LogP contribution in [0.15, 0.2) is 55.4 Å². The van der Waals surface area contributed by atoms with Gasteiger partial charge in [-0.1, -0.05) is 0 Å². The van der Waals surface area contributed by atoms with Crippen LogP contribution in [0.25, 0.3) is 22.7 Å². The molecule has 0 unspecified atom stereocenters. The summed E-state index contributed by atoms with van der Waals surface area (Å²) in [4.78, 5) is 13.3. The summed E-state index contributed by atoms with van der Waals surface area (Å²) < 4.78 is 3.72. The molecule has 7 nitrogen and oxygen atoms in total. The highest BCUT2D eigenvalue weighted by Gasteiger charge is 2.14. The summed E-state index contributed by atoms with van der Waals surface area (Å²) in [6, 6.07) is 6.17. The van der Waals surface area contributed by atoms with Crippen LogP contribution in [-0.4, -0.2) is 35.2 Å². The Morgan fingerprint density at radius 2 is 1.92 bits per heavy atom. The Morgan fingerprint density at radius 1 is 1.00 bits per heavy atom. The first kappa shape index (κ1) is 14.4. The molecule has 0 bridgehead atoms. The Labute approximate surface area is 139 Å². The van der Waals surface area contributed by atoms with Crippen LogP contribution in [0.5, 0.6) is 0 Å². The SMILES string of the molecule is CC(C)Nc1ccc(-n2ccnc2-c2cnn3cccnc23)cn1. The summed E-state index contributed by atoms with van der Waals surface area (Å²) >= 11 is 0. The molecule has 4 heterocycles. The van der Waals surface area contributed by atoms with Gasteiger partial charge in [-0.25, -0.2) is 19.5 Å². The number of aromatic nitrogens is 6. The van der Waals surface area contributed by atoms with E-state index in [9.17, 15) is 0 Å². The van der Waals surface area contributed by atoms with Gasteiger partial charge in [0.1, 0.15) is 11.6 Å². The van der Waals surface area contributed by atoms with Crippen LogP contribution in [0, 0.1) is 0 Å². The number of anilines is 1. The lowest BCUT2D eigenvalue weighted by atomic mass is 10.3. The first-order chi connectivity index (χ1) is 11.7. The molecule has 4 rings (SSSR count).